The van der Waals surface area contributed by atoms with Crippen molar-refractivity contribution in [1.82, 2.24) is 15.5 Å². The van der Waals surface area contributed by atoms with Crippen LogP contribution >= 0.6 is 0 Å². The summed E-state index contributed by atoms with van der Waals surface area (Å²) in [5, 5.41) is 6.94. The van der Waals surface area contributed by atoms with E-state index in [9.17, 15) is 0 Å². The molecule has 1 heterocycles. The summed E-state index contributed by atoms with van der Waals surface area (Å²) in [5.41, 5.74) is 0.816. The quantitative estimate of drug-likeness (QED) is 0.632. The van der Waals surface area contributed by atoms with E-state index in [1.807, 2.05) is 31.2 Å². The first-order valence-corrected chi connectivity index (χ1v) is 6.04. The number of terminal acetylenes is 1. The lowest BCUT2D eigenvalue weighted by Crippen LogP contribution is -2.13. The highest BCUT2D eigenvalue weighted by Crippen LogP contribution is 2.27. The van der Waals surface area contributed by atoms with Crippen LogP contribution in [-0.2, 0) is 6.54 Å². The minimum atomic E-state index is 0.452. The molecular formula is C14H15N3O2. The van der Waals surface area contributed by atoms with Crippen molar-refractivity contribution in [3.63, 3.8) is 0 Å². The number of hydrogen-bond acceptors (Lipinski definition) is 5. The predicted molar refractivity (Wildman–Crippen MR) is 71.4 cm³/mol. The van der Waals surface area contributed by atoms with Crippen LogP contribution in [0.1, 0.15) is 12.8 Å². The van der Waals surface area contributed by atoms with Crippen LogP contribution in [-0.4, -0.2) is 23.3 Å². The van der Waals surface area contributed by atoms with Crippen LogP contribution in [0.15, 0.2) is 28.8 Å². The third-order valence-corrected chi connectivity index (χ3v) is 2.40. The standard InChI is InChI=1S/C14H15N3O2/c1-3-9-15-10-13-16-14(17-19-13)11-7-5-6-8-12(11)18-4-2/h1,5-8,15H,4,9-10H2,2H3. The van der Waals surface area contributed by atoms with E-state index in [0.717, 1.165) is 11.3 Å². The summed E-state index contributed by atoms with van der Waals surface area (Å²) in [6, 6.07) is 7.59. The Balaban J connectivity index is 2.16. The van der Waals surface area contributed by atoms with Gasteiger partial charge in [-0.3, -0.25) is 5.32 Å². The maximum absolute atomic E-state index is 5.54. The zero-order valence-corrected chi connectivity index (χ0v) is 10.7. The van der Waals surface area contributed by atoms with E-state index in [4.69, 9.17) is 15.7 Å². The lowest BCUT2D eigenvalue weighted by Gasteiger charge is -2.05. The number of ether oxygens (including phenoxy) is 1. The van der Waals surface area contributed by atoms with Gasteiger partial charge in [-0.25, -0.2) is 0 Å². The maximum Gasteiger partial charge on any atom is 0.240 e. The minimum Gasteiger partial charge on any atom is -0.493 e. The predicted octanol–water partition coefficient (Wildman–Crippen LogP) is 1.86. The Morgan fingerprint density at radius 1 is 1.42 bits per heavy atom. The SMILES string of the molecule is C#CCNCc1nc(-c2ccccc2OCC)no1. The highest BCUT2D eigenvalue weighted by molar-refractivity contribution is 5.63. The molecule has 1 aromatic heterocycles. The molecule has 0 saturated heterocycles. The Labute approximate surface area is 112 Å². The van der Waals surface area contributed by atoms with Crippen molar-refractivity contribution < 1.29 is 9.26 Å². The molecule has 0 aliphatic heterocycles. The van der Waals surface area contributed by atoms with Gasteiger partial charge in [0.1, 0.15) is 5.75 Å². The summed E-state index contributed by atoms with van der Waals surface area (Å²) < 4.78 is 10.7. The molecule has 19 heavy (non-hydrogen) atoms. The molecule has 2 rings (SSSR count). The van der Waals surface area contributed by atoms with Crippen LogP contribution in [0.2, 0.25) is 0 Å². The molecule has 0 radical (unpaired) electrons. The van der Waals surface area contributed by atoms with Crippen molar-refractivity contribution in [2.24, 2.45) is 0 Å². The van der Waals surface area contributed by atoms with Crippen molar-refractivity contribution in [2.45, 2.75) is 13.5 Å². The number of aromatic nitrogens is 2. The van der Waals surface area contributed by atoms with Gasteiger partial charge in [0.25, 0.3) is 0 Å². The Morgan fingerprint density at radius 2 is 2.26 bits per heavy atom. The first-order valence-electron chi connectivity index (χ1n) is 6.04. The van der Waals surface area contributed by atoms with E-state index in [1.165, 1.54) is 0 Å². The fourth-order valence-corrected chi connectivity index (χ4v) is 1.61. The molecule has 5 nitrogen and oxygen atoms in total. The van der Waals surface area contributed by atoms with Crippen molar-refractivity contribution in [1.29, 1.82) is 0 Å². The van der Waals surface area contributed by atoms with Crippen molar-refractivity contribution in [2.75, 3.05) is 13.2 Å². The van der Waals surface area contributed by atoms with E-state index < -0.39 is 0 Å². The number of hydrogen-bond donors (Lipinski definition) is 1. The van der Waals surface area contributed by atoms with Gasteiger partial charge >= 0.3 is 0 Å². The van der Waals surface area contributed by atoms with Gasteiger partial charge in [-0.15, -0.1) is 6.42 Å². The second-order valence-corrected chi connectivity index (χ2v) is 3.75. The third kappa shape index (κ3) is 3.33. The molecule has 0 saturated carbocycles. The molecule has 98 valence electrons. The summed E-state index contributed by atoms with van der Waals surface area (Å²) in [6.45, 7) is 3.44. The summed E-state index contributed by atoms with van der Waals surface area (Å²) in [7, 11) is 0. The van der Waals surface area contributed by atoms with Crippen LogP contribution in [0, 0.1) is 12.3 Å². The average Bonchev–Trinajstić information content (AvgIpc) is 2.89. The highest BCUT2D eigenvalue weighted by Gasteiger charge is 2.12. The Morgan fingerprint density at radius 3 is 3.05 bits per heavy atom. The fourth-order valence-electron chi connectivity index (χ4n) is 1.61. The molecule has 5 heteroatoms. The molecule has 0 aliphatic carbocycles. The van der Waals surface area contributed by atoms with Crippen LogP contribution in [0.4, 0.5) is 0 Å². The molecule has 0 spiro atoms. The number of para-hydroxylation sites is 1. The number of benzene rings is 1. The molecule has 2 aromatic rings. The molecular weight excluding hydrogens is 242 g/mol. The Bertz CT molecular complexity index is 572. The van der Waals surface area contributed by atoms with Gasteiger partial charge < -0.3 is 9.26 Å². The zero-order chi connectivity index (χ0) is 13.5. The van der Waals surface area contributed by atoms with Crippen LogP contribution in [0.5, 0.6) is 5.75 Å². The second kappa shape index (κ2) is 6.57. The van der Waals surface area contributed by atoms with E-state index >= 15 is 0 Å². The van der Waals surface area contributed by atoms with E-state index in [-0.39, 0.29) is 0 Å². The number of nitrogens with zero attached hydrogens (tertiary/aromatic N) is 2. The average molecular weight is 257 g/mol. The fraction of sp³-hybridized carbons (Fsp3) is 0.286. The molecule has 0 unspecified atom stereocenters. The summed E-state index contributed by atoms with van der Waals surface area (Å²) in [5.74, 6) is 4.24. The molecule has 0 aliphatic rings. The minimum absolute atomic E-state index is 0.452. The molecule has 0 fully saturated rings. The van der Waals surface area contributed by atoms with Crippen molar-refractivity contribution >= 4 is 0 Å². The molecule has 1 aromatic carbocycles. The Hall–Kier alpha value is -2.32. The zero-order valence-electron chi connectivity index (χ0n) is 10.7. The summed E-state index contributed by atoms with van der Waals surface area (Å²) in [4.78, 5) is 4.31. The van der Waals surface area contributed by atoms with Gasteiger partial charge in [-0.1, -0.05) is 23.2 Å². The number of rotatable bonds is 6. The largest absolute Gasteiger partial charge is 0.493 e. The molecule has 0 bridgehead atoms. The molecule has 1 N–H and O–H groups in total. The van der Waals surface area contributed by atoms with Gasteiger partial charge in [0, 0.05) is 0 Å². The first-order chi connectivity index (χ1) is 9.35. The number of nitrogens with one attached hydrogen (secondary N) is 1. The van der Waals surface area contributed by atoms with E-state index in [2.05, 4.69) is 21.4 Å². The lowest BCUT2D eigenvalue weighted by atomic mass is 10.2. The van der Waals surface area contributed by atoms with Crippen molar-refractivity contribution in [3.05, 3.63) is 30.2 Å². The van der Waals surface area contributed by atoms with Gasteiger partial charge in [0.05, 0.1) is 25.3 Å². The first kappa shape index (κ1) is 13.1. The van der Waals surface area contributed by atoms with Gasteiger partial charge in [-0.2, -0.15) is 4.98 Å². The summed E-state index contributed by atoms with van der Waals surface area (Å²) in [6.07, 6.45) is 5.15. The van der Waals surface area contributed by atoms with Crippen LogP contribution in [0.3, 0.4) is 0 Å². The second-order valence-electron chi connectivity index (χ2n) is 3.75. The van der Waals surface area contributed by atoms with Crippen LogP contribution < -0.4 is 10.1 Å². The van der Waals surface area contributed by atoms with Crippen LogP contribution in [0.25, 0.3) is 11.4 Å². The lowest BCUT2D eigenvalue weighted by molar-refractivity contribution is 0.340. The molecule has 0 atom stereocenters. The highest BCUT2D eigenvalue weighted by atomic mass is 16.5. The maximum atomic E-state index is 5.54. The topological polar surface area (TPSA) is 60.2 Å². The monoisotopic (exact) mass is 257 g/mol. The Kier molecular flexibility index (Phi) is 4.54. The van der Waals surface area contributed by atoms with Gasteiger partial charge in [0.15, 0.2) is 0 Å². The molecule has 0 amide bonds. The van der Waals surface area contributed by atoms with E-state index in [1.54, 1.807) is 0 Å². The van der Waals surface area contributed by atoms with E-state index in [0.29, 0.717) is 31.4 Å². The third-order valence-electron chi connectivity index (χ3n) is 2.40. The van der Waals surface area contributed by atoms with Gasteiger partial charge in [0.2, 0.25) is 11.7 Å². The van der Waals surface area contributed by atoms with Gasteiger partial charge in [-0.05, 0) is 19.1 Å². The van der Waals surface area contributed by atoms with Crippen molar-refractivity contribution in [3.8, 4) is 29.5 Å². The smallest absolute Gasteiger partial charge is 0.240 e. The summed E-state index contributed by atoms with van der Waals surface area (Å²) >= 11 is 0. The normalized spacial score (nSPS) is 10.1.